The van der Waals surface area contributed by atoms with Gasteiger partial charge in [-0.05, 0) is 70.6 Å². The standard InChI is InChI=1S/C68H128NO8P/c1-6-8-10-12-14-16-18-20-22-24-25-26-27-28-29-30-31-32-33-34-35-36-37-38-39-40-41-42-43-45-46-48-50-52-54-56-58-60-67(70)74-64-66(65-76-78(72,73)75-63-62-69(3,4)5)77-68(71)61-59-57-55-53-51-49-47-44-23-21-19-17-15-13-11-9-7-2/h9,11,15,17,21,23-25,66H,6-8,10,12-14,16,18-20,22,26-65H2,1-5H3/b11-9-,17-15-,23-21-,25-24-. The van der Waals surface area contributed by atoms with Crippen molar-refractivity contribution in [1.82, 2.24) is 0 Å². The number of carbonyl (C=O) groups excluding carboxylic acids is 2. The highest BCUT2D eigenvalue weighted by molar-refractivity contribution is 7.45. The van der Waals surface area contributed by atoms with Crippen molar-refractivity contribution in [2.45, 2.75) is 328 Å². The molecule has 0 saturated carbocycles. The Bertz CT molecular complexity index is 1460. The summed E-state index contributed by atoms with van der Waals surface area (Å²) in [7, 11) is 1.17. The minimum absolute atomic E-state index is 0.0325. The van der Waals surface area contributed by atoms with Gasteiger partial charge < -0.3 is 27.9 Å². The third kappa shape index (κ3) is 63.2. The fourth-order valence-corrected chi connectivity index (χ4v) is 10.5. The molecule has 78 heavy (non-hydrogen) atoms. The third-order valence-corrected chi connectivity index (χ3v) is 15.8. The van der Waals surface area contributed by atoms with Gasteiger partial charge in [-0.15, -0.1) is 0 Å². The summed E-state index contributed by atoms with van der Waals surface area (Å²) in [6, 6.07) is 0. The van der Waals surface area contributed by atoms with E-state index in [1.54, 1.807) is 0 Å². The van der Waals surface area contributed by atoms with Gasteiger partial charge in [-0.2, -0.15) is 0 Å². The highest BCUT2D eigenvalue weighted by atomic mass is 31.2. The van der Waals surface area contributed by atoms with E-state index < -0.39 is 26.5 Å². The molecule has 0 amide bonds. The summed E-state index contributed by atoms with van der Waals surface area (Å²) in [4.78, 5) is 37.9. The number of phosphoric acid groups is 1. The van der Waals surface area contributed by atoms with E-state index in [0.717, 1.165) is 64.2 Å². The molecule has 9 nitrogen and oxygen atoms in total. The molecular weight excluding hydrogens is 990 g/mol. The van der Waals surface area contributed by atoms with E-state index in [-0.39, 0.29) is 32.0 Å². The van der Waals surface area contributed by atoms with Crippen LogP contribution in [0.1, 0.15) is 322 Å². The second-order valence-electron chi connectivity index (χ2n) is 23.8. The molecule has 0 aliphatic heterocycles. The van der Waals surface area contributed by atoms with Crippen LogP contribution < -0.4 is 4.89 Å². The van der Waals surface area contributed by atoms with Gasteiger partial charge >= 0.3 is 11.9 Å². The minimum Gasteiger partial charge on any atom is -0.756 e. The first-order valence-corrected chi connectivity index (χ1v) is 34.8. The largest absolute Gasteiger partial charge is 0.756 e. The predicted molar refractivity (Wildman–Crippen MR) is 333 cm³/mol. The SMILES string of the molecule is CC/C=C\C/C=C\C/C=C\CCCCCCCCCC(=O)OC(COC(=O)CCCCCCCCCCCCCCCCCCCCCCCCCCC/C=C\CCCCCCCCCC)COP(=O)([O-])OCC[N+](C)(C)C. The fourth-order valence-electron chi connectivity index (χ4n) is 9.73. The van der Waals surface area contributed by atoms with E-state index in [2.05, 4.69) is 62.5 Å². The number of phosphoric ester groups is 1. The zero-order valence-corrected chi connectivity index (χ0v) is 53.0. The van der Waals surface area contributed by atoms with Gasteiger partial charge in [0.25, 0.3) is 7.82 Å². The molecule has 2 unspecified atom stereocenters. The molecule has 0 aromatic carbocycles. The molecule has 0 rings (SSSR count). The number of ether oxygens (including phenoxy) is 2. The first kappa shape index (κ1) is 76.0. The number of carbonyl (C=O) groups is 2. The topological polar surface area (TPSA) is 111 Å². The van der Waals surface area contributed by atoms with Crippen LogP contribution in [0, 0.1) is 0 Å². The van der Waals surface area contributed by atoms with Crippen LogP contribution >= 0.6 is 7.82 Å². The number of quaternary nitrogens is 1. The van der Waals surface area contributed by atoms with Crippen LogP contribution in [-0.4, -0.2) is 70.0 Å². The number of rotatable bonds is 62. The Morgan fingerprint density at radius 1 is 0.410 bits per heavy atom. The van der Waals surface area contributed by atoms with Crippen molar-refractivity contribution in [2.75, 3.05) is 47.5 Å². The Kier molecular flexibility index (Phi) is 58.0. The number of esters is 2. The molecule has 0 fully saturated rings. The Morgan fingerprint density at radius 2 is 0.731 bits per heavy atom. The highest BCUT2D eigenvalue weighted by Gasteiger charge is 2.22. The Labute approximate surface area is 484 Å². The number of hydrogen-bond donors (Lipinski definition) is 0. The van der Waals surface area contributed by atoms with Crippen molar-refractivity contribution in [1.29, 1.82) is 0 Å². The molecule has 0 aromatic heterocycles. The Balaban J connectivity index is 3.91. The molecule has 0 aliphatic carbocycles. The molecule has 0 saturated heterocycles. The van der Waals surface area contributed by atoms with E-state index >= 15 is 0 Å². The van der Waals surface area contributed by atoms with Crippen molar-refractivity contribution in [3.63, 3.8) is 0 Å². The van der Waals surface area contributed by atoms with Crippen LogP contribution in [-0.2, 0) is 32.7 Å². The molecule has 0 spiro atoms. The van der Waals surface area contributed by atoms with Crippen molar-refractivity contribution >= 4 is 19.8 Å². The summed E-state index contributed by atoms with van der Waals surface area (Å²) >= 11 is 0. The quantitative estimate of drug-likeness (QED) is 0.0195. The number of unbranched alkanes of at least 4 members (excludes halogenated alkanes) is 40. The number of likely N-dealkylation sites (N-methyl/N-ethyl adjacent to an activating group) is 1. The molecule has 0 bridgehead atoms. The van der Waals surface area contributed by atoms with Gasteiger partial charge in [-0.3, -0.25) is 14.2 Å². The summed E-state index contributed by atoms with van der Waals surface area (Å²) in [5.41, 5.74) is 0. The predicted octanol–water partition coefficient (Wildman–Crippen LogP) is 20.6. The lowest BCUT2D eigenvalue weighted by atomic mass is 10.0. The second-order valence-corrected chi connectivity index (χ2v) is 25.2. The van der Waals surface area contributed by atoms with Crippen molar-refractivity contribution < 1.29 is 42.1 Å². The molecule has 10 heteroatoms. The lowest BCUT2D eigenvalue weighted by molar-refractivity contribution is -0.870. The van der Waals surface area contributed by atoms with Crippen molar-refractivity contribution in [2.24, 2.45) is 0 Å². The van der Waals surface area contributed by atoms with Gasteiger partial charge in [0, 0.05) is 12.8 Å². The lowest BCUT2D eigenvalue weighted by Gasteiger charge is -2.28. The summed E-state index contributed by atoms with van der Waals surface area (Å²) < 4.78 is 34.2. The summed E-state index contributed by atoms with van der Waals surface area (Å²) in [6.45, 7) is 4.16. The summed E-state index contributed by atoms with van der Waals surface area (Å²) in [5, 5.41) is 0. The maximum Gasteiger partial charge on any atom is 0.306 e. The van der Waals surface area contributed by atoms with E-state index in [1.807, 2.05) is 21.1 Å². The number of nitrogens with zero attached hydrogens (tertiary/aromatic N) is 1. The Hall–Kier alpha value is -2.03. The molecule has 0 heterocycles. The van der Waals surface area contributed by atoms with Crippen LogP contribution in [0.2, 0.25) is 0 Å². The van der Waals surface area contributed by atoms with Crippen molar-refractivity contribution in [3.05, 3.63) is 48.6 Å². The third-order valence-electron chi connectivity index (χ3n) is 14.8. The number of hydrogen-bond acceptors (Lipinski definition) is 8. The average molecular weight is 1120 g/mol. The van der Waals surface area contributed by atoms with Gasteiger partial charge in [0.2, 0.25) is 0 Å². The van der Waals surface area contributed by atoms with E-state index in [4.69, 9.17) is 18.5 Å². The fraction of sp³-hybridized carbons (Fsp3) is 0.853. The average Bonchev–Trinajstić information content (AvgIpc) is 3.40. The first-order chi connectivity index (χ1) is 38.0. The molecule has 458 valence electrons. The molecule has 2 atom stereocenters. The lowest BCUT2D eigenvalue weighted by Crippen LogP contribution is -2.37. The Morgan fingerprint density at radius 3 is 1.10 bits per heavy atom. The maximum atomic E-state index is 12.8. The summed E-state index contributed by atoms with van der Waals surface area (Å²) in [6.07, 6.45) is 76.4. The zero-order valence-electron chi connectivity index (χ0n) is 52.1. The molecular formula is C68H128NO8P. The van der Waals surface area contributed by atoms with E-state index in [9.17, 15) is 19.0 Å². The molecule has 0 aliphatic rings. The molecule has 0 N–H and O–H groups in total. The summed E-state index contributed by atoms with van der Waals surface area (Å²) in [5.74, 6) is -0.832. The first-order valence-electron chi connectivity index (χ1n) is 33.3. The smallest absolute Gasteiger partial charge is 0.306 e. The van der Waals surface area contributed by atoms with Crippen LogP contribution in [0.25, 0.3) is 0 Å². The second kappa shape index (κ2) is 59.6. The van der Waals surface area contributed by atoms with Gasteiger partial charge in [0.05, 0.1) is 27.7 Å². The van der Waals surface area contributed by atoms with Gasteiger partial charge in [-0.1, -0.05) is 287 Å². The van der Waals surface area contributed by atoms with Gasteiger partial charge in [-0.25, -0.2) is 0 Å². The van der Waals surface area contributed by atoms with E-state index in [1.165, 1.54) is 225 Å². The van der Waals surface area contributed by atoms with Crippen LogP contribution in [0.3, 0.4) is 0 Å². The monoisotopic (exact) mass is 1120 g/mol. The van der Waals surface area contributed by atoms with Crippen LogP contribution in [0.4, 0.5) is 0 Å². The van der Waals surface area contributed by atoms with Crippen LogP contribution in [0.5, 0.6) is 0 Å². The van der Waals surface area contributed by atoms with E-state index in [0.29, 0.717) is 17.4 Å². The zero-order chi connectivity index (χ0) is 57.0. The molecule has 0 radical (unpaired) electrons. The highest BCUT2D eigenvalue weighted by Crippen LogP contribution is 2.38. The van der Waals surface area contributed by atoms with Crippen molar-refractivity contribution in [3.8, 4) is 0 Å². The minimum atomic E-state index is -4.64. The normalized spacial score (nSPS) is 13.5. The molecule has 0 aromatic rings. The van der Waals surface area contributed by atoms with Crippen LogP contribution in [0.15, 0.2) is 48.6 Å². The van der Waals surface area contributed by atoms with Gasteiger partial charge in [0.1, 0.15) is 19.8 Å². The maximum absolute atomic E-state index is 12.8. The van der Waals surface area contributed by atoms with Gasteiger partial charge in [0.15, 0.2) is 6.10 Å². The number of allylic oxidation sites excluding steroid dienone is 8.